The molecule has 1 amide bonds. The number of aromatic nitrogens is 1. The van der Waals surface area contributed by atoms with E-state index in [-0.39, 0.29) is 11.9 Å². The number of hydrogen-bond acceptors (Lipinski definition) is 1. The van der Waals surface area contributed by atoms with Gasteiger partial charge in [-0.25, -0.2) is 4.39 Å². The van der Waals surface area contributed by atoms with Crippen LogP contribution in [-0.2, 0) is 6.42 Å². The second-order valence-corrected chi connectivity index (χ2v) is 5.87. The quantitative estimate of drug-likeness (QED) is 0.882. The molecule has 3 nitrogen and oxygen atoms in total. The van der Waals surface area contributed by atoms with Crippen molar-refractivity contribution in [2.75, 3.05) is 0 Å². The maximum Gasteiger partial charge on any atom is 0.251 e. The van der Waals surface area contributed by atoms with Gasteiger partial charge in [-0.15, -0.1) is 0 Å². The summed E-state index contributed by atoms with van der Waals surface area (Å²) in [5.74, 6) is -0.779. The van der Waals surface area contributed by atoms with Crippen LogP contribution in [0.2, 0.25) is 0 Å². The summed E-state index contributed by atoms with van der Waals surface area (Å²) in [4.78, 5) is 12.0. The van der Waals surface area contributed by atoms with Crippen LogP contribution in [0, 0.1) is 12.7 Å². The number of rotatable bonds is 5. The van der Waals surface area contributed by atoms with Crippen LogP contribution >= 0.6 is 0 Å². The first-order chi connectivity index (χ1) is 10.4. The maximum absolute atomic E-state index is 13.6. The number of hydrogen-bond donors (Lipinski definition) is 1. The minimum Gasteiger partial charge on any atom is -0.366 e. The third-order valence-corrected chi connectivity index (χ3v) is 3.92. The number of nitrogens with two attached hydrogens (primary N) is 1. The van der Waals surface area contributed by atoms with Crippen molar-refractivity contribution in [3.05, 3.63) is 47.0 Å². The largest absolute Gasteiger partial charge is 0.366 e. The molecule has 22 heavy (non-hydrogen) atoms. The topological polar surface area (TPSA) is 48.0 Å². The van der Waals surface area contributed by atoms with Gasteiger partial charge in [-0.3, -0.25) is 4.79 Å². The van der Waals surface area contributed by atoms with Crippen molar-refractivity contribution in [2.24, 2.45) is 5.73 Å². The fraction of sp³-hybridized carbons (Fsp3) is 0.389. The zero-order chi connectivity index (χ0) is 16.4. The van der Waals surface area contributed by atoms with Gasteiger partial charge >= 0.3 is 0 Å². The van der Waals surface area contributed by atoms with Gasteiger partial charge in [0.2, 0.25) is 0 Å². The van der Waals surface area contributed by atoms with Gasteiger partial charge in [0.05, 0.1) is 5.56 Å². The van der Waals surface area contributed by atoms with E-state index in [1.165, 1.54) is 12.1 Å². The summed E-state index contributed by atoms with van der Waals surface area (Å²) in [6.07, 6.45) is 1.76. The summed E-state index contributed by atoms with van der Waals surface area (Å²) in [6.45, 7) is 8.15. The highest BCUT2D eigenvalue weighted by Crippen LogP contribution is 2.35. The van der Waals surface area contributed by atoms with Gasteiger partial charge in [0.1, 0.15) is 5.82 Å². The van der Waals surface area contributed by atoms with Gasteiger partial charge in [-0.1, -0.05) is 25.5 Å². The van der Waals surface area contributed by atoms with Crippen molar-refractivity contribution >= 4 is 5.91 Å². The number of nitrogens with zero attached hydrogens (tertiary/aromatic N) is 1. The van der Waals surface area contributed by atoms with E-state index in [2.05, 4.69) is 25.3 Å². The molecule has 0 bridgehead atoms. The summed E-state index contributed by atoms with van der Waals surface area (Å²) in [5.41, 5.74) is 9.51. The smallest absolute Gasteiger partial charge is 0.251 e. The second kappa shape index (κ2) is 6.34. The van der Waals surface area contributed by atoms with Crippen LogP contribution in [0.25, 0.3) is 11.1 Å². The molecule has 0 aliphatic heterocycles. The Balaban J connectivity index is 2.85. The molecule has 0 aliphatic carbocycles. The molecule has 0 spiro atoms. The number of carbonyl (C=O) groups excluding carboxylic acids is 1. The molecule has 1 heterocycles. The highest BCUT2D eigenvalue weighted by molar-refractivity contribution is 6.02. The summed E-state index contributed by atoms with van der Waals surface area (Å²) in [5, 5.41) is 0. The van der Waals surface area contributed by atoms with Gasteiger partial charge in [0.15, 0.2) is 0 Å². The first kappa shape index (κ1) is 16.3. The molecule has 2 aromatic rings. The first-order valence-electron chi connectivity index (χ1n) is 7.67. The molecule has 4 heteroatoms. The van der Waals surface area contributed by atoms with Gasteiger partial charge in [-0.2, -0.15) is 0 Å². The average Bonchev–Trinajstić information content (AvgIpc) is 2.72. The number of carbonyl (C=O) groups is 1. The van der Waals surface area contributed by atoms with Crippen molar-refractivity contribution < 1.29 is 9.18 Å². The van der Waals surface area contributed by atoms with Gasteiger partial charge in [-0.05, 0) is 44.9 Å². The monoisotopic (exact) mass is 302 g/mol. The lowest BCUT2D eigenvalue weighted by Gasteiger charge is -2.16. The molecule has 0 atom stereocenters. The van der Waals surface area contributed by atoms with Crippen LogP contribution < -0.4 is 5.73 Å². The van der Waals surface area contributed by atoms with Crippen LogP contribution in [0.5, 0.6) is 0 Å². The zero-order valence-electron chi connectivity index (χ0n) is 13.6. The predicted octanol–water partition coefficient (Wildman–Crippen LogP) is 4.23. The molecule has 0 saturated heterocycles. The van der Waals surface area contributed by atoms with Crippen molar-refractivity contribution in [2.45, 2.75) is 46.6 Å². The van der Waals surface area contributed by atoms with Crippen molar-refractivity contribution in [3.63, 3.8) is 0 Å². The third kappa shape index (κ3) is 2.78. The highest BCUT2D eigenvalue weighted by atomic mass is 19.1. The fourth-order valence-electron chi connectivity index (χ4n) is 3.21. The molecule has 0 aliphatic rings. The summed E-state index contributed by atoms with van der Waals surface area (Å²) < 4.78 is 15.8. The molecule has 2 rings (SSSR count). The van der Waals surface area contributed by atoms with Crippen molar-refractivity contribution in [1.29, 1.82) is 0 Å². The predicted molar refractivity (Wildman–Crippen MR) is 87.5 cm³/mol. The van der Waals surface area contributed by atoms with Crippen molar-refractivity contribution in [3.8, 4) is 11.1 Å². The molecular weight excluding hydrogens is 279 g/mol. The Hall–Kier alpha value is -2.10. The van der Waals surface area contributed by atoms with Crippen molar-refractivity contribution in [1.82, 2.24) is 4.57 Å². The van der Waals surface area contributed by atoms with E-state index in [9.17, 15) is 9.18 Å². The van der Waals surface area contributed by atoms with Crippen LogP contribution in [0.1, 0.15) is 55.0 Å². The minimum absolute atomic E-state index is 0.210. The molecule has 118 valence electrons. The number of amides is 1. The SMILES string of the molecule is CCCc1c(-c2cccc(F)c2)c(C(N)=O)c(C)n1C(C)C. The Morgan fingerprint density at radius 2 is 2.05 bits per heavy atom. The number of halogens is 1. The van der Waals surface area contributed by atoms with E-state index in [1.807, 2.05) is 13.0 Å². The van der Waals surface area contributed by atoms with Gasteiger partial charge in [0.25, 0.3) is 5.91 Å². The summed E-state index contributed by atoms with van der Waals surface area (Å²) in [6, 6.07) is 6.56. The maximum atomic E-state index is 13.6. The Labute approximate surface area is 130 Å². The van der Waals surface area contributed by atoms with Crippen LogP contribution in [0.3, 0.4) is 0 Å². The standard InChI is InChI=1S/C18H23FN2O/c1-5-7-15-17(13-8-6-9-14(19)10-13)16(18(20)22)12(4)21(15)11(2)3/h6,8-11H,5,7H2,1-4H3,(H2,20,22). The molecular formula is C18H23FN2O. The molecule has 2 N–H and O–H groups in total. The highest BCUT2D eigenvalue weighted by Gasteiger charge is 2.25. The Bertz CT molecular complexity index is 701. The number of benzene rings is 1. The van der Waals surface area contributed by atoms with E-state index in [0.717, 1.165) is 29.8 Å². The lowest BCUT2D eigenvalue weighted by Crippen LogP contribution is -2.14. The molecule has 1 aromatic heterocycles. The van der Waals surface area contributed by atoms with Gasteiger partial charge in [0, 0.05) is 23.0 Å². The molecule has 1 aromatic carbocycles. The van der Waals surface area contributed by atoms with E-state index in [0.29, 0.717) is 11.1 Å². The lowest BCUT2D eigenvalue weighted by atomic mass is 9.98. The average molecular weight is 302 g/mol. The normalized spacial score (nSPS) is 11.2. The third-order valence-electron chi connectivity index (χ3n) is 3.92. The lowest BCUT2D eigenvalue weighted by molar-refractivity contribution is 0.1000. The van der Waals surface area contributed by atoms with E-state index in [1.54, 1.807) is 6.07 Å². The zero-order valence-corrected chi connectivity index (χ0v) is 13.6. The summed E-state index contributed by atoms with van der Waals surface area (Å²) >= 11 is 0. The minimum atomic E-state index is -0.464. The van der Waals surface area contributed by atoms with Crippen LogP contribution in [0.4, 0.5) is 4.39 Å². The summed E-state index contributed by atoms with van der Waals surface area (Å²) in [7, 11) is 0. The van der Waals surface area contributed by atoms with Gasteiger partial charge < -0.3 is 10.3 Å². The van der Waals surface area contributed by atoms with E-state index < -0.39 is 5.91 Å². The van der Waals surface area contributed by atoms with E-state index in [4.69, 9.17) is 5.73 Å². The number of primary amides is 1. The Morgan fingerprint density at radius 3 is 2.55 bits per heavy atom. The second-order valence-electron chi connectivity index (χ2n) is 5.87. The molecule has 0 fully saturated rings. The molecule has 0 saturated carbocycles. The Kier molecular flexibility index (Phi) is 4.69. The van der Waals surface area contributed by atoms with Crippen LogP contribution in [0.15, 0.2) is 24.3 Å². The first-order valence-corrected chi connectivity index (χ1v) is 7.67. The molecule has 0 unspecified atom stereocenters. The van der Waals surface area contributed by atoms with E-state index >= 15 is 0 Å². The molecule has 0 radical (unpaired) electrons. The van der Waals surface area contributed by atoms with Crippen LogP contribution in [-0.4, -0.2) is 10.5 Å². The Morgan fingerprint density at radius 1 is 1.36 bits per heavy atom. The fourth-order valence-corrected chi connectivity index (χ4v) is 3.21.